The maximum Gasteiger partial charge on any atom is 0.180 e. The first-order valence-corrected chi connectivity index (χ1v) is 6.69. The van der Waals surface area contributed by atoms with Crippen molar-refractivity contribution in [1.29, 1.82) is 0 Å². The van der Waals surface area contributed by atoms with Crippen LogP contribution < -0.4 is 5.73 Å². The molecule has 0 spiro atoms. The van der Waals surface area contributed by atoms with E-state index >= 15 is 0 Å². The largest absolute Gasteiger partial charge is 0.375 e. The van der Waals surface area contributed by atoms with Crippen LogP contribution in [0.5, 0.6) is 0 Å². The topological polar surface area (TPSA) is 48.1 Å². The molecule has 1 aliphatic rings. The molecule has 0 unspecified atom stereocenters. The number of thiazole rings is 1. The van der Waals surface area contributed by atoms with Crippen LogP contribution in [-0.4, -0.2) is 11.1 Å². The second kappa shape index (κ2) is 4.72. The van der Waals surface area contributed by atoms with Crippen LogP contribution in [0.1, 0.15) is 44.4 Å². The second-order valence-corrected chi connectivity index (χ2v) is 6.49. The van der Waals surface area contributed by atoms with E-state index in [1.807, 2.05) is 6.20 Å². The van der Waals surface area contributed by atoms with E-state index in [0.717, 1.165) is 4.88 Å². The Labute approximate surface area is 101 Å². The summed E-state index contributed by atoms with van der Waals surface area (Å²) < 4.78 is 5.89. The van der Waals surface area contributed by atoms with Crippen molar-refractivity contribution >= 4 is 16.5 Å². The molecular weight excluding hydrogens is 220 g/mol. The van der Waals surface area contributed by atoms with Crippen molar-refractivity contribution in [3.05, 3.63) is 11.1 Å². The van der Waals surface area contributed by atoms with Crippen LogP contribution in [-0.2, 0) is 11.3 Å². The quantitative estimate of drug-likeness (QED) is 0.882. The van der Waals surface area contributed by atoms with E-state index < -0.39 is 0 Å². The zero-order valence-electron chi connectivity index (χ0n) is 10.0. The first kappa shape index (κ1) is 11.9. The molecule has 0 bridgehead atoms. The van der Waals surface area contributed by atoms with Gasteiger partial charge in [-0.2, -0.15) is 0 Å². The van der Waals surface area contributed by atoms with Gasteiger partial charge in [-0.25, -0.2) is 4.98 Å². The second-order valence-electron chi connectivity index (χ2n) is 5.34. The van der Waals surface area contributed by atoms with Gasteiger partial charge >= 0.3 is 0 Å². The lowest BCUT2D eigenvalue weighted by Crippen LogP contribution is -2.26. The number of hydrogen-bond donors (Lipinski definition) is 1. The molecule has 0 amide bonds. The molecule has 90 valence electrons. The fourth-order valence-electron chi connectivity index (χ4n) is 2.13. The van der Waals surface area contributed by atoms with Crippen LogP contribution in [0.4, 0.5) is 5.13 Å². The third-order valence-electron chi connectivity index (χ3n) is 3.32. The molecule has 4 heteroatoms. The lowest BCUT2D eigenvalue weighted by atomic mass is 9.76. The van der Waals surface area contributed by atoms with Crippen LogP contribution in [0.25, 0.3) is 0 Å². The predicted molar refractivity (Wildman–Crippen MR) is 67.4 cm³/mol. The third-order valence-corrected chi connectivity index (χ3v) is 4.12. The van der Waals surface area contributed by atoms with Gasteiger partial charge in [-0.3, -0.25) is 0 Å². The Hall–Kier alpha value is -0.610. The van der Waals surface area contributed by atoms with Crippen molar-refractivity contribution in [2.75, 3.05) is 5.73 Å². The first-order valence-electron chi connectivity index (χ1n) is 5.87. The smallest absolute Gasteiger partial charge is 0.180 e. The van der Waals surface area contributed by atoms with Crippen molar-refractivity contribution in [1.82, 2.24) is 4.98 Å². The molecule has 0 aliphatic heterocycles. The van der Waals surface area contributed by atoms with Crippen molar-refractivity contribution in [3.8, 4) is 0 Å². The van der Waals surface area contributed by atoms with Crippen molar-refractivity contribution in [2.24, 2.45) is 5.41 Å². The summed E-state index contributed by atoms with van der Waals surface area (Å²) in [6, 6.07) is 0. The van der Waals surface area contributed by atoms with Gasteiger partial charge < -0.3 is 10.5 Å². The Morgan fingerprint density at radius 1 is 1.50 bits per heavy atom. The van der Waals surface area contributed by atoms with E-state index in [1.54, 1.807) is 0 Å². The highest BCUT2D eigenvalue weighted by molar-refractivity contribution is 7.15. The van der Waals surface area contributed by atoms with E-state index in [1.165, 1.54) is 37.0 Å². The molecule has 0 atom stereocenters. The van der Waals surface area contributed by atoms with E-state index in [2.05, 4.69) is 18.8 Å². The van der Waals surface area contributed by atoms with E-state index in [9.17, 15) is 0 Å². The number of hydrogen-bond acceptors (Lipinski definition) is 4. The highest BCUT2D eigenvalue weighted by atomic mass is 32.1. The van der Waals surface area contributed by atoms with Crippen LogP contribution in [0.3, 0.4) is 0 Å². The van der Waals surface area contributed by atoms with Gasteiger partial charge in [0.2, 0.25) is 0 Å². The Kier molecular flexibility index (Phi) is 3.50. The molecule has 0 saturated heterocycles. The summed E-state index contributed by atoms with van der Waals surface area (Å²) in [5, 5.41) is 0.628. The van der Waals surface area contributed by atoms with Crippen LogP contribution in [0, 0.1) is 5.41 Å². The normalized spacial score (nSPS) is 21.1. The number of ether oxygens (including phenoxy) is 1. The number of anilines is 1. The molecule has 1 saturated carbocycles. The SMILES string of the molecule is CC1(C)CCC(OCc2cnc(N)s2)CC1. The van der Waals surface area contributed by atoms with E-state index in [0.29, 0.717) is 23.3 Å². The minimum atomic E-state index is 0.427. The highest BCUT2D eigenvalue weighted by Crippen LogP contribution is 2.36. The van der Waals surface area contributed by atoms with Crippen LogP contribution in [0.15, 0.2) is 6.20 Å². The fraction of sp³-hybridized carbons (Fsp3) is 0.750. The molecule has 0 radical (unpaired) electrons. The number of rotatable bonds is 3. The van der Waals surface area contributed by atoms with Crippen LogP contribution in [0.2, 0.25) is 0 Å². The minimum Gasteiger partial charge on any atom is -0.375 e. The molecule has 1 aliphatic carbocycles. The average molecular weight is 240 g/mol. The molecule has 0 aromatic carbocycles. The van der Waals surface area contributed by atoms with Gasteiger partial charge in [-0.15, -0.1) is 0 Å². The van der Waals surface area contributed by atoms with E-state index in [4.69, 9.17) is 10.5 Å². The maximum atomic E-state index is 5.89. The third kappa shape index (κ3) is 3.19. The van der Waals surface area contributed by atoms with E-state index in [-0.39, 0.29) is 0 Å². The summed E-state index contributed by atoms with van der Waals surface area (Å²) in [6.07, 6.45) is 7.14. The molecule has 1 aromatic rings. The van der Waals surface area contributed by atoms with Gasteiger partial charge in [-0.05, 0) is 31.1 Å². The molecule has 16 heavy (non-hydrogen) atoms. The summed E-state index contributed by atoms with van der Waals surface area (Å²) in [7, 11) is 0. The molecule has 3 nitrogen and oxygen atoms in total. The average Bonchev–Trinajstić information content (AvgIpc) is 2.63. The number of nitrogens with two attached hydrogens (primary N) is 1. The summed E-state index contributed by atoms with van der Waals surface area (Å²) in [4.78, 5) is 5.15. The Morgan fingerprint density at radius 3 is 2.75 bits per heavy atom. The Bertz CT molecular complexity index is 339. The lowest BCUT2D eigenvalue weighted by molar-refractivity contribution is -0.00454. The Balaban J connectivity index is 1.75. The maximum absolute atomic E-state index is 5.89. The Morgan fingerprint density at radius 2 is 2.19 bits per heavy atom. The molecule has 2 N–H and O–H groups in total. The van der Waals surface area contributed by atoms with Gasteiger partial charge in [0.05, 0.1) is 17.6 Å². The van der Waals surface area contributed by atoms with Crippen molar-refractivity contribution < 1.29 is 4.74 Å². The molecular formula is C12H20N2OS. The van der Waals surface area contributed by atoms with Crippen LogP contribution >= 0.6 is 11.3 Å². The zero-order valence-corrected chi connectivity index (χ0v) is 10.8. The van der Waals surface area contributed by atoms with Gasteiger partial charge in [0, 0.05) is 6.20 Å². The minimum absolute atomic E-state index is 0.427. The summed E-state index contributed by atoms with van der Waals surface area (Å²) in [5.74, 6) is 0. The molecule has 1 heterocycles. The van der Waals surface area contributed by atoms with Gasteiger partial charge in [0.15, 0.2) is 5.13 Å². The monoisotopic (exact) mass is 240 g/mol. The highest BCUT2D eigenvalue weighted by Gasteiger charge is 2.27. The number of aromatic nitrogens is 1. The molecule has 1 aromatic heterocycles. The summed E-state index contributed by atoms with van der Waals surface area (Å²) in [6.45, 7) is 5.35. The standard InChI is InChI=1S/C12H20N2OS/c1-12(2)5-3-9(4-6-12)15-8-10-7-14-11(13)16-10/h7,9H,3-6,8H2,1-2H3,(H2,13,14). The zero-order chi connectivity index (χ0) is 11.6. The summed E-state index contributed by atoms with van der Waals surface area (Å²) >= 11 is 1.52. The molecule has 2 rings (SSSR count). The molecule has 1 fully saturated rings. The van der Waals surface area contributed by atoms with Gasteiger partial charge in [-0.1, -0.05) is 25.2 Å². The first-order chi connectivity index (χ1) is 7.55. The fourth-order valence-corrected chi connectivity index (χ4v) is 2.74. The predicted octanol–water partition coefficient (Wildman–Crippen LogP) is 3.21. The van der Waals surface area contributed by atoms with Gasteiger partial charge in [0.25, 0.3) is 0 Å². The lowest BCUT2D eigenvalue weighted by Gasteiger charge is -2.34. The van der Waals surface area contributed by atoms with Gasteiger partial charge in [0.1, 0.15) is 0 Å². The van der Waals surface area contributed by atoms with Crippen molar-refractivity contribution in [3.63, 3.8) is 0 Å². The number of nitrogens with zero attached hydrogens (tertiary/aromatic N) is 1. The number of nitrogen functional groups attached to an aromatic ring is 1. The summed E-state index contributed by atoms with van der Waals surface area (Å²) in [5.41, 5.74) is 6.08. The van der Waals surface area contributed by atoms with Crippen molar-refractivity contribution in [2.45, 2.75) is 52.2 Å².